The Morgan fingerprint density at radius 3 is 3.13 bits per heavy atom. The van der Waals surface area contributed by atoms with E-state index in [1.165, 1.54) is 30.6 Å². The van der Waals surface area contributed by atoms with Gasteiger partial charge in [-0.1, -0.05) is 0 Å². The molecule has 7 heteroatoms. The van der Waals surface area contributed by atoms with Crippen molar-refractivity contribution in [3.63, 3.8) is 0 Å². The SMILES string of the molecule is c1ncn(C[C@H]2CCCN(Cc3csc(-c4ccsc4)n3)C2)n1. The van der Waals surface area contributed by atoms with Gasteiger partial charge in [-0.2, -0.15) is 16.4 Å². The molecule has 0 unspecified atom stereocenters. The zero-order valence-corrected chi connectivity index (χ0v) is 14.5. The van der Waals surface area contributed by atoms with Crippen molar-refractivity contribution in [3.8, 4) is 10.6 Å². The Hall–Kier alpha value is -1.57. The third kappa shape index (κ3) is 3.68. The van der Waals surface area contributed by atoms with Crippen molar-refractivity contribution >= 4 is 22.7 Å². The minimum atomic E-state index is 0.653. The van der Waals surface area contributed by atoms with Gasteiger partial charge in [-0.25, -0.2) is 9.97 Å². The van der Waals surface area contributed by atoms with Crippen LogP contribution in [0.15, 0.2) is 34.9 Å². The molecule has 120 valence electrons. The largest absolute Gasteiger partial charge is 0.297 e. The summed E-state index contributed by atoms with van der Waals surface area (Å²) in [6.07, 6.45) is 5.95. The molecule has 5 nitrogen and oxygen atoms in total. The monoisotopic (exact) mass is 345 g/mol. The highest BCUT2D eigenvalue weighted by Crippen LogP contribution is 2.27. The van der Waals surface area contributed by atoms with Gasteiger partial charge >= 0.3 is 0 Å². The summed E-state index contributed by atoms with van der Waals surface area (Å²) in [5, 5.41) is 11.8. The molecule has 1 aliphatic heterocycles. The van der Waals surface area contributed by atoms with E-state index in [2.05, 4.69) is 37.2 Å². The molecule has 0 amide bonds. The molecule has 1 aliphatic rings. The first-order chi connectivity index (χ1) is 11.4. The van der Waals surface area contributed by atoms with Crippen molar-refractivity contribution in [1.29, 1.82) is 0 Å². The lowest BCUT2D eigenvalue weighted by atomic mass is 9.98. The number of aromatic nitrogens is 4. The van der Waals surface area contributed by atoms with Gasteiger partial charge in [0.1, 0.15) is 17.7 Å². The average molecular weight is 345 g/mol. The van der Waals surface area contributed by atoms with E-state index in [0.717, 1.165) is 24.6 Å². The molecule has 3 aromatic rings. The Labute approximate surface area is 143 Å². The summed E-state index contributed by atoms with van der Waals surface area (Å²) in [5.74, 6) is 0.653. The van der Waals surface area contributed by atoms with E-state index in [1.807, 2.05) is 11.0 Å². The number of hydrogen-bond acceptors (Lipinski definition) is 6. The van der Waals surface area contributed by atoms with Crippen LogP contribution in [0.4, 0.5) is 0 Å². The van der Waals surface area contributed by atoms with E-state index >= 15 is 0 Å². The molecule has 0 aromatic carbocycles. The molecule has 3 aromatic heterocycles. The van der Waals surface area contributed by atoms with Gasteiger partial charge in [-0.15, -0.1) is 11.3 Å². The Kier molecular flexibility index (Phi) is 4.50. The van der Waals surface area contributed by atoms with Gasteiger partial charge in [-0.05, 0) is 36.8 Å². The minimum Gasteiger partial charge on any atom is -0.297 e. The van der Waals surface area contributed by atoms with Crippen molar-refractivity contribution in [3.05, 3.63) is 40.6 Å². The third-order valence-electron chi connectivity index (χ3n) is 4.22. The van der Waals surface area contributed by atoms with Gasteiger partial charge in [0.05, 0.1) is 5.69 Å². The maximum Gasteiger partial charge on any atom is 0.137 e. The van der Waals surface area contributed by atoms with Crippen LogP contribution in [0.25, 0.3) is 10.6 Å². The number of nitrogens with zero attached hydrogens (tertiary/aromatic N) is 5. The summed E-state index contributed by atoms with van der Waals surface area (Å²) in [5.41, 5.74) is 2.44. The van der Waals surface area contributed by atoms with Crippen LogP contribution in [0.5, 0.6) is 0 Å². The molecule has 0 radical (unpaired) electrons. The standard InChI is InChI=1S/C16H19N5S2/c1-2-13(7-21-12-17-11-18-21)6-20(4-1)8-15-10-23-16(19-15)14-3-5-22-9-14/h3,5,9-13H,1-2,4,6-8H2/t13-/m0/s1. The topological polar surface area (TPSA) is 46.8 Å². The number of likely N-dealkylation sites (tertiary alicyclic amines) is 1. The highest BCUT2D eigenvalue weighted by Gasteiger charge is 2.21. The van der Waals surface area contributed by atoms with Gasteiger partial charge in [-0.3, -0.25) is 9.58 Å². The fourth-order valence-electron chi connectivity index (χ4n) is 3.16. The van der Waals surface area contributed by atoms with E-state index in [-0.39, 0.29) is 0 Å². The average Bonchev–Trinajstić information content (AvgIpc) is 3.30. The van der Waals surface area contributed by atoms with Crippen molar-refractivity contribution < 1.29 is 0 Å². The fraction of sp³-hybridized carbons (Fsp3) is 0.438. The molecule has 23 heavy (non-hydrogen) atoms. The van der Waals surface area contributed by atoms with E-state index in [0.29, 0.717) is 5.92 Å². The molecular formula is C16H19N5S2. The summed E-state index contributed by atoms with van der Waals surface area (Å²) in [4.78, 5) is 11.4. The van der Waals surface area contributed by atoms with Crippen LogP contribution in [-0.2, 0) is 13.1 Å². The summed E-state index contributed by atoms with van der Waals surface area (Å²) >= 11 is 3.47. The molecule has 1 atom stereocenters. The molecule has 0 N–H and O–H groups in total. The van der Waals surface area contributed by atoms with Crippen LogP contribution >= 0.6 is 22.7 Å². The number of rotatable bonds is 5. The number of hydrogen-bond donors (Lipinski definition) is 0. The van der Waals surface area contributed by atoms with Crippen molar-refractivity contribution in [2.24, 2.45) is 5.92 Å². The molecule has 4 rings (SSSR count). The summed E-state index contributed by atoms with van der Waals surface area (Å²) in [7, 11) is 0. The van der Waals surface area contributed by atoms with Crippen LogP contribution in [0, 0.1) is 5.92 Å². The molecule has 0 spiro atoms. The molecule has 4 heterocycles. The normalized spacial score (nSPS) is 19.2. The summed E-state index contributed by atoms with van der Waals surface area (Å²) in [6, 6.07) is 2.14. The van der Waals surface area contributed by atoms with Gasteiger partial charge in [0, 0.05) is 36.0 Å². The Morgan fingerprint density at radius 2 is 2.30 bits per heavy atom. The predicted octanol–water partition coefficient (Wildman–Crippen LogP) is 3.38. The smallest absolute Gasteiger partial charge is 0.137 e. The molecule has 0 bridgehead atoms. The highest BCUT2D eigenvalue weighted by atomic mass is 32.1. The maximum absolute atomic E-state index is 4.80. The van der Waals surface area contributed by atoms with Crippen LogP contribution in [0.2, 0.25) is 0 Å². The summed E-state index contributed by atoms with van der Waals surface area (Å²) in [6.45, 7) is 4.20. The van der Waals surface area contributed by atoms with E-state index < -0.39 is 0 Å². The second-order valence-corrected chi connectivity index (χ2v) is 7.66. The second kappa shape index (κ2) is 6.90. The zero-order chi connectivity index (χ0) is 15.5. The first-order valence-corrected chi connectivity index (χ1v) is 9.71. The fourth-order valence-corrected chi connectivity index (χ4v) is 4.69. The van der Waals surface area contributed by atoms with Gasteiger partial charge in [0.2, 0.25) is 0 Å². The minimum absolute atomic E-state index is 0.653. The molecule has 1 fully saturated rings. The van der Waals surface area contributed by atoms with E-state index in [1.54, 1.807) is 29.0 Å². The highest BCUT2D eigenvalue weighted by molar-refractivity contribution is 7.14. The van der Waals surface area contributed by atoms with Crippen molar-refractivity contribution in [1.82, 2.24) is 24.6 Å². The first-order valence-electron chi connectivity index (χ1n) is 7.88. The van der Waals surface area contributed by atoms with E-state index in [4.69, 9.17) is 4.98 Å². The first kappa shape index (κ1) is 15.0. The van der Waals surface area contributed by atoms with Gasteiger partial charge < -0.3 is 0 Å². The Balaban J connectivity index is 1.37. The van der Waals surface area contributed by atoms with Gasteiger partial charge in [0.15, 0.2) is 0 Å². The number of thiazole rings is 1. The molecule has 0 saturated carbocycles. The number of piperidine rings is 1. The molecule has 1 saturated heterocycles. The third-order valence-corrected chi connectivity index (χ3v) is 5.84. The lowest BCUT2D eigenvalue weighted by Gasteiger charge is -2.32. The second-order valence-electron chi connectivity index (χ2n) is 6.02. The maximum atomic E-state index is 4.80. The lowest BCUT2D eigenvalue weighted by molar-refractivity contribution is 0.152. The van der Waals surface area contributed by atoms with Crippen LogP contribution in [0.3, 0.4) is 0 Å². The van der Waals surface area contributed by atoms with Crippen molar-refractivity contribution in [2.45, 2.75) is 25.9 Å². The quantitative estimate of drug-likeness (QED) is 0.711. The van der Waals surface area contributed by atoms with Crippen LogP contribution < -0.4 is 0 Å². The van der Waals surface area contributed by atoms with Crippen molar-refractivity contribution in [2.75, 3.05) is 13.1 Å². The van der Waals surface area contributed by atoms with Crippen LogP contribution in [0.1, 0.15) is 18.5 Å². The van der Waals surface area contributed by atoms with E-state index in [9.17, 15) is 0 Å². The zero-order valence-electron chi connectivity index (χ0n) is 12.8. The lowest BCUT2D eigenvalue weighted by Crippen LogP contribution is -2.36. The summed E-state index contributed by atoms with van der Waals surface area (Å²) < 4.78 is 1.95. The molecular weight excluding hydrogens is 326 g/mol. The Morgan fingerprint density at radius 1 is 1.30 bits per heavy atom. The predicted molar refractivity (Wildman–Crippen MR) is 93.5 cm³/mol. The van der Waals surface area contributed by atoms with Gasteiger partial charge in [0.25, 0.3) is 0 Å². The Bertz CT molecular complexity index is 720. The number of thiophene rings is 1. The molecule has 0 aliphatic carbocycles. The van der Waals surface area contributed by atoms with Crippen LogP contribution in [-0.4, -0.2) is 37.7 Å².